The van der Waals surface area contributed by atoms with E-state index in [0.29, 0.717) is 12.1 Å². The van der Waals surface area contributed by atoms with Crippen LogP contribution in [0, 0.1) is 0 Å². The van der Waals surface area contributed by atoms with Gasteiger partial charge in [0.2, 0.25) is 5.91 Å². The van der Waals surface area contributed by atoms with Crippen LogP contribution in [0.2, 0.25) is 0 Å². The smallest absolute Gasteiger partial charge is 0.325 e. The Morgan fingerprint density at radius 2 is 1.45 bits per heavy atom. The van der Waals surface area contributed by atoms with E-state index >= 15 is 0 Å². The van der Waals surface area contributed by atoms with Crippen LogP contribution in [0.15, 0.2) is 18.2 Å². The molecule has 3 nitrogen and oxygen atoms in total. The maximum atomic E-state index is 12.5. The molecule has 0 saturated heterocycles. The number of hydrogen-bond donors (Lipinski definition) is 2. The summed E-state index contributed by atoms with van der Waals surface area (Å²) >= 11 is 0. The van der Waals surface area contributed by atoms with E-state index in [-0.39, 0.29) is 12.6 Å². The summed E-state index contributed by atoms with van der Waals surface area (Å²) in [5.41, 5.74) is -3.52. The number of alkyl halides is 6. The first-order valence-corrected chi connectivity index (χ1v) is 5.28. The van der Waals surface area contributed by atoms with E-state index in [1.807, 2.05) is 5.32 Å². The number of benzene rings is 1. The Morgan fingerprint density at radius 1 is 1.00 bits per heavy atom. The van der Waals surface area contributed by atoms with Crippen LogP contribution in [0.5, 0.6) is 0 Å². The number of amides is 1. The van der Waals surface area contributed by atoms with Crippen molar-refractivity contribution in [3.05, 3.63) is 29.3 Å². The normalized spacial score (nSPS) is 12.3. The fourth-order valence-electron chi connectivity index (χ4n) is 1.39. The maximum Gasteiger partial charge on any atom is 0.416 e. The lowest BCUT2D eigenvalue weighted by Gasteiger charge is -2.14. The van der Waals surface area contributed by atoms with E-state index in [1.54, 1.807) is 0 Å². The lowest BCUT2D eigenvalue weighted by molar-refractivity contribution is -0.143. The highest BCUT2D eigenvalue weighted by molar-refractivity contribution is 5.92. The van der Waals surface area contributed by atoms with Crippen molar-refractivity contribution in [2.24, 2.45) is 0 Å². The van der Waals surface area contributed by atoms with Crippen molar-refractivity contribution in [2.45, 2.75) is 12.4 Å². The zero-order valence-electron chi connectivity index (χ0n) is 10.1. The number of halogens is 6. The van der Waals surface area contributed by atoms with E-state index in [2.05, 4.69) is 5.32 Å². The number of hydrogen-bond acceptors (Lipinski definition) is 2. The van der Waals surface area contributed by atoms with Crippen molar-refractivity contribution in [3.8, 4) is 0 Å². The number of likely N-dealkylation sites (N-methyl/N-ethyl adjacent to an activating group) is 1. The molecule has 20 heavy (non-hydrogen) atoms. The molecule has 0 saturated carbocycles. The SMILES string of the molecule is CNCC(=O)Nc1cc(C(F)(F)F)cc(C(F)(F)F)c1. The van der Waals surface area contributed by atoms with E-state index in [9.17, 15) is 31.1 Å². The fourth-order valence-corrected chi connectivity index (χ4v) is 1.39. The summed E-state index contributed by atoms with van der Waals surface area (Å²) in [5.74, 6) is -0.750. The average molecular weight is 300 g/mol. The minimum Gasteiger partial charge on any atom is -0.325 e. The topological polar surface area (TPSA) is 41.1 Å². The first-order chi connectivity index (χ1) is 9.04. The number of nitrogens with one attached hydrogen (secondary N) is 2. The minimum absolute atomic E-state index is 0.00622. The average Bonchev–Trinajstić information content (AvgIpc) is 2.26. The maximum absolute atomic E-state index is 12.5. The van der Waals surface area contributed by atoms with Gasteiger partial charge in [0, 0.05) is 5.69 Å². The summed E-state index contributed by atoms with van der Waals surface area (Å²) in [4.78, 5) is 11.2. The predicted molar refractivity (Wildman–Crippen MR) is 59.0 cm³/mol. The zero-order valence-corrected chi connectivity index (χ0v) is 10.1. The number of anilines is 1. The summed E-state index contributed by atoms with van der Waals surface area (Å²) in [5, 5.41) is 4.39. The van der Waals surface area contributed by atoms with Gasteiger partial charge < -0.3 is 10.6 Å². The second kappa shape index (κ2) is 5.70. The molecule has 0 unspecified atom stereocenters. The van der Waals surface area contributed by atoms with Crippen LogP contribution in [-0.2, 0) is 17.1 Å². The largest absolute Gasteiger partial charge is 0.416 e. The van der Waals surface area contributed by atoms with Crippen molar-refractivity contribution >= 4 is 11.6 Å². The molecule has 0 atom stereocenters. The lowest BCUT2D eigenvalue weighted by atomic mass is 10.1. The lowest BCUT2D eigenvalue weighted by Crippen LogP contribution is -2.25. The molecule has 0 fully saturated rings. The van der Waals surface area contributed by atoms with Crippen LogP contribution >= 0.6 is 0 Å². The standard InChI is InChI=1S/C11H10F6N2O/c1-18-5-9(20)19-8-3-6(10(12,13)14)2-7(4-8)11(15,16)17/h2-4,18H,5H2,1H3,(H,19,20). The second-order valence-corrected chi connectivity index (χ2v) is 3.87. The van der Waals surface area contributed by atoms with Gasteiger partial charge in [-0.1, -0.05) is 0 Å². The van der Waals surface area contributed by atoms with E-state index in [1.165, 1.54) is 7.05 Å². The molecule has 0 aliphatic heterocycles. The van der Waals surface area contributed by atoms with Crippen LogP contribution in [0.3, 0.4) is 0 Å². The highest BCUT2D eigenvalue weighted by atomic mass is 19.4. The summed E-state index contributed by atoms with van der Waals surface area (Å²) in [6, 6.07) is 0.888. The fraction of sp³-hybridized carbons (Fsp3) is 0.364. The third-order valence-electron chi connectivity index (χ3n) is 2.21. The van der Waals surface area contributed by atoms with Gasteiger partial charge in [-0.2, -0.15) is 26.3 Å². The van der Waals surface area contributed by atoms with Crippen LogP contribution in [0.25, 0.3) is 0 Å². The Labute approximate surface area is 110 Å². The molecular formula is C11H10F6N2O. The van der Waals surface area contributed by atoms with Crippen molar-refractivity contribution < 1.29 is 31.1 Å². The molecule has 9 heteroatoms. The predicted octanol–water partition coefficient (Wildman–Crippen LogP) is 2.88. The Hall–Kier alpha value is -1.77. The molecule has 0 radical (unpaired) electrons. The Kier molecular flexibility index (Phi) is 4.64. The quantitative estimate of drug-likeness (QED) is 0.843. The molecule has 1 amide bonds. The molecule has 1 aromatic rings. The van der Waals surface area contributed by atoms with Crippen molar-refractivity contribution in [1.82, 2.24) is 5.32 Å². The summed E-state index contributed by atoms with van der Waals surface area (Å²) < 4.78 is 75.2. The molecular weight excluding hydrogens is 290 g/mol. The van der Waals surface area contributed by atoms with Gasteiger partial charge in [-0.05, 0) is 25.2 Å². The summed E-state index contributed by atoms with van der Waals surface area (Å²) in [6.07, 6.45) is -9.88. The highest BCUT2D eigenvalue weighted by Crippen LogP contribution is 2.37. The first kappa shape index (κ1) is 16.3. The van der Waals surface area contributed by atoms with E-state index in [0.717, 1.165) is 0 Å². The molecule has 0 aliphatic carbocycles. The van der Waals surface area contributed by atoms with E-state index in [4.69, 9.17) is 0 Å². The van der Waals surface area contributed by atoms with Crippen LogP contribution in [0.1, 0.15) is 11.1 Å². The van der Waals surface area contributed by atoms with Crippen LogP contribution < -0.4 is 10.6 Å². The van der Waals surface area contributed by atoms with Crippen LogP contribution in [-0.4, -0.2) is 19.5 Å². The summed E-state index contributed by atoms with van der Waals surface area (Å²) in [7, 11) is 1.41. The van der Waals surface area contributed by atoms with E-state index < -0.39 is 35.1 Å². The number of rotatable bonds is 3. The molecule has 0 aliphatic rings. The van der Waals surface area contributed by atoms with Gasteiger partial charge in [0.05, 0.1) is 17.7 Å². The van der Waals surface area contributed by atoms with Crippen molar-refractivity contribution in [2.75, 3.05) is 18.9 Å². The molecule has 0 aromatic heterocycles. The Bertz CT molecular complexity index is 462. The van der Waals surface area contributed by atoms with Gasteiger partial charge >= 0.3 is 12.4 Å². The third-order valence-corrected chi connectivity index (χ3v) is 2.21. The minimum atomic E-state index is -4.94. The monoisotopic (exact) mass is 300 g/mol. The molecule has 0 bridgehead atoms. The zero-order chi connectivity index (χ0) is 15.6. The third kappa shape index (κ3) is 4.41. The molecule has 0 heterocycles. The van der Waals surface area contributed by atoms with Crippen molar-refractivity contribution in [3.63, 3.8) is 0 Å². The first-order valence-electron chi connectivity index (χ1n) is 5.28. The highest BCUT2D eigenvalue weighted by Gasteiger charge is 2.37. The van der Waals surface area contributed by atoms with Gasteiger partial charge in [-0.3, -0.25) is 4.79 Å². The molecule has 1 aromatic carbocycles. The van der Waals surface area contributed by atoms with Gasteiger partial charge in [0.1, 0.15) is 0 Å². The number of carbonyl (C=O) groups excluding carboxylic acids is 1. The Balaban J connectivity index is 3.21. The van der Waals surface area contributed by atoms with Gasteiger partial charge in [-0.15, -0.1) is 0 Å². The molecule has 2 N–H and O–H groups in total. The molecule has 0 spiro atoms. The molecule has 112 valence electrons. The summed E-state index contributed by atoms with van der Waals surface area (Å²) in [6.45, 7) is -0.238. The molecule has 1 rings (SSSR count). The Morgan fingerprint density at radius 3 is 1.80 bits per heavy atom. The number of carbonyl (C=O) groups is 1. The van der Waals surface area contributed by atoms with Crippen molar-refractivity contribution in [1.29, 1.82) is 0 Å². The van der Waals surface area contributed by atoms with Gasteiger partial charge in [0.15, 0.2) is 0 Å². The van der Waals surface area contributed by atoms with Gasteiger partial charge in [0.25, 0.3) is 0 Å². The van der Waals surface area contributed by atoms with Gasteiger partial charge in [-0.25, -0.2) is 0 Å². The van der Waals surface area contributed by atoms with Crippen LogP contribution in [0.4, 0.5) is 32.0 Å². The second-order valence-electron chi connectivity index (χ2n) is 3.87.